The van der Waals surface area contributed by atoms with E-state index in [4.69, 9.17) is 11.6 Å². The number of nitrogens with one attached hydrogen (secondary N) is 1. The Hall–Kier alpha value is -0.180. The number of benzene rings is 1. The quantitative estimate of drug-likeness (QED) is 0.752. The van der Waals surface area contributed by atoms with Crippen molar-refractivity contribution in [1.82, 2.24) is 5.32 Å². The van der Waals surface area contributed by atoms with E-state index in [9.17, 15) is 0 Å². The molecule has 1 unspecified atom stereocenters. The fraction of sp³-hybridized carbons (Fsp3) is 0.647. The van der Waals surface area contributed by atoms with Crippen molar-refractivity contribution in [2.45, 2.75) is 58.2 Å². The van der Waals surface area contributed by atoms with E-state index in [2.05, 4.69) is 58.1 Å². The molecule has 0 saturated heterocycles. The third-order valence-corrected chi connectivity index (χ3v) is 4.86. The average molecular weight is 314 g/mol. The summed E-state index contributed by atoms with van der Waals surface area (Å²) in [7, 11) is 0. The van der Waals surface area contributed by atoms with Gasteiger partial charge in [-0.3, -0.25) is 0 Å². The molecule has 0 radical (unpaired) electrons. The van der Waals surface area contributed by atoms with Crippen molar-refractivity contribution in [3.8, 4) is 0 Å². The summed E-state index contributed by atoms with van der Waals surface area (Å²) in [5, 5.41) is 4.55. The molecule has 1 aromatic rings. The second-order valence-corrected chi connectivity index (χ2v) is 8.63. The van der Waals surface area contributed by atoms with Crippen LogP contribution in [0.2, 0.25) is 5.02 Å². The first-order valence-electron chi connectivity index (χ1n) is 7.44. The zero-order valence-electron chi connectivity index (χ0n) is 13.4. The Morgan fingerprint density at radius 2 is 2.00 bits per heavy atom. The van der Waals surface area contributed by atoms with Crippen LogP contribution in [0.4, 0.5) is 0 Å². The summed E-state index contributed by atoms with van der Waals surface area (Å²) >= 11 is 8.38. The largest absolute Gasteiger partial charge is 0.313 e. The highest BCUT2D eigenvalue weighted by molar-refractivity contribution is 8.00. The molecule has 0 aliphatic carbocycles. The molecule has 0 spiro atoms. The number of aryl methyl sites for hydroxylation is 1. The maximum Gasteiger partial charge on any atom is 0.0441 e. The molecule has 1 atom stereocenters. The summed E-state index contributed by atoms with van der Waals surface area (Å²) < 4.78 is 0.309. The van der Waals surface area contributed by atoms with Gasteiger partial charge in [0, 0.05) is 21.6 Å². The summed E-state index contributed by atoms with van der Waals surface area (Å²) in [6, 6.07) is 6.86. The van der Waals surface area contributed by atoms with Crippen LogP contribution in [0.25, 0.3) is 0 Å². The lowest BCUT2D eigenvalue weighted by atomic mass is 10.1. The van der Waals surface area contributed by atoms with Crippen LogP contribution >= 0.6 is 23.4 Å². The van der Waals surface area contributed by atoms with Gasteiger partial charge in [-0.2, -0.15) is 11.8 Å². The van der Waals surface area contributed by atoms with Crippen molar-refractivity contribution in [2.24, 2.45) is 0 Å². The zero-order valence-corrected chi connectivity index (χ0v) is 15.0. The van der Waals surface area contributed by atoms with Crippen LogP contribution in [0.5, 0.6) is 0 Å². The van der Waals surface area contributed by atoms with E-state index < -0.39 is 0 Å². The summed E-state index contributed by atoms with van der Waals surface area (Å²) in [6.07, 6.45) is 2.17. The van der Waals surface area contributed by atoms with Gasteiger partial charge in [-0.1, -0.05) is 51.4 Å². The molecule has 0 aliphatic heterocycles. The Kier molecular flexibility index (Phi) is 7.42. The Morgan fingerprint density at radius 3 is 2.55 bits per heavy atom. The van der Waals surface area contributed by atoms with Crippen LogP contribution in [-0.2, 0) is 6.42 Å². The van der Waals surface area contributed by atoms with Gasteiger partial charge in [0.05, 0.1) is 0 Å². The molecule has 0 bridgehead atoms. The van der Waals surface area contributed by atoms with Gasteiger partial charge < -0.3 is 5.32 Å². The van der Waals surface area contributed by atoms with Gasteiger partial charge in [0.1, 0.15) is 0 Å². The van der Waals surface area contributed by atoms with Gasteiger partial charge in [-0.15, -0.1) is 0 Å². The van der Waals surface area contributed by atoms with Crippen LogP contribution in [0.3, 0.4) is 0 Å². The molecule has 0 heterocycles. The lowest BCUT2D eigenvalue weighted by Gasteiger charge is -2.24. The summed E-state index contributed by atoms with van der Waals surface area (Å²) in [4.78, 5) is 0. The van der Waals surface area contributed by atoms with E-state index >= 15 is 0 Å². The SMILES string of the molecule is CCCNC(CSC(C)(C)C)Cc1ccc(C)cc1Cl. The van der Waals surface area contributed by atoms with Gasteiger partial charge in [-0.05, 0) is 43.5 Å². The third-order valence-electron chi connectivity index (χ3n) is 3.08. The van der Waals surface area contributed by atoms with Crippen LogP contribution in [0, 0.1) is 6.92 Å². The van der Waals surface area contributed by atoms with E-state index in [1.54, 1.807) is 0 Å². The van der Waals surface area contributed by atoms with E-state index in [0.717, 1.165) is 30.2 Å². The topological polar surface area (TPSA) is 12.0 Å². The molecule has 1 nitrogen and oxygen atoms in total. The number of hydrogen-bond donors (Lipinski definition) is 1. The highest BCUT2D eigenvalue weighted by atomic mass is 35.5. The van der Waals surface area contributed by atoms with E-state index in [1.165, 1.54) is 11.1 Å². The predicted octanol–water partition coefficient (Wildman–Crippen LogP) is 5.09. The van der Waals surface area contributed by atoms with Gasteiger partial charge in [0.25, 0.3) is 0 Å². The summed E-state index contributed by atoms with van der Waals surface area (Å²) in [5.41, 5.74) is 2.47. The van der Waals surface area contributed by atoms with Crippen molar-refractivity contribution in [2.75, 3.05) is 12.3 Å². The molecular formula is C17H28ClNS. The van der Waals surface area contributed by atoms with Crippen molar-refractivity contribution < 1.29 is 0 Å². The average Bonchev–Trinajstić information content (AvgIpc) is 2.34. The predicted molar refractivity (Wildman–Crippen MR) is 94.2 cm³/mol. The molecule has 0 amide bonds. The van der Waals surface area contributed by atoms with Crippen LogP contribution in [-0.4, -0.2) is 23.1 Å². The fourth-order valence-corrected chi connectivity index (χ4v) is 3.22. The normalized spacial score (nSPS) is 13.5. The Balaban J connectivity index is 2.67. The van der Waals surface area contributed by atoms with Crippen LogP contribution in [0.1, 0.15) is 45.2 Å². The molecule has 1 aromatic carbocycles. The van der Waals surface area contributed by atoms with Crippen molar-refractivity contribution in [3.63, 3.8) is 0 Å². The maximum absolute atomic E-state index is 6.36. The minimum Gasteiger partial charge on any atom is -0.313 e. The van der Waals surface area contributed by atoms with Gasteiger partial charge in [-0.25, -0.2) is 0 Å². The van der Waals surface area contributed by atoms with Crippen molar-refractivity contribution in [1.29, 1.82) is 0 Å². The number of hydrogen-bond acceptors (Lipinski definition) is 2. The third kappa shape index (κ3) is 7.01. The maximum atomic E-state index is 6.36. The molecule has 1 N–H and O–H groups in total. The molecule has 20 heavy (non-hydrogen) atoms. The smallest absolute Gasteiger partial charge is 0.0441 e. The van der Waals surface area contributed by atoms with E-state index in [0.29, 0.717) is 10.8 Å². The first kappa shape index (κ1) is 17.9. The van der Waals surface area contributed by atoms with E-state index in [1.807, 2.05) is 11.8 Å². The summed E-state index contributed by atoms with van der Waals surface area (Å²) in [6.45, 7) is 12.2. The molecule has 0 aliphatic rings. The van der Waals surface area contributed by atoms with Gasteiger partial charge >= 0.3 is 0 Å². The second kappa shape index (κ2) is 8.31. The molecule has 1 rings (SSSR count). The Morgan fingerprint density at radius 1 is 1.30 bits per heavy atom. The molecule has 114 valence electrons. The molecule has 0 saturated carbocycles. The van der Waals surface area contributed by atoms with Crippen molar-refractivity contribution >= 4 is 23.4 Å². The lowest BCUT2D eigenvalue weighted by Crippen LogP contribution is -2.35. The molecule has 0 aromatic heterocycles. The standard InChI is InChI=1S/C17H28ClNS/c1-6-9-19-15(12-20-17(3,4)5)11-14-8-7-13(2)10-16(14)18/h7-8,10,15,19H,6,9,11-12H2,1-5H3. The van der Waals surface area contributed by atoms with Crippen molar-refractivity contribution in [3.05, 3.63) is 34.3 Å². The fourth-order valence-electron chi connectivity index (χ4n) is 1.97. The number of thioether (sulfide) groups is 1. The molecule has 0 fully saturated rings. The monoisotopic (exact) mass is 313 g/mol. The van der Waals surface area contributed by atoms with Gasteiger partial charge in [0.15, 0.2) is 0 Å². The highest BCUT2D eigenvalue weighted by Crippen LogP contribution is 2.26. The van der Waals surface area contributed by atoms with Gasteiger partial charge in [0.2, 0.25) is 0 Å². The second-order valence-electron chi connectivity index (χ2n) is 6.37. The minimum absolute atomic E-state index is 0.309. The highest BCUT2D eigenvalue weighted by Gasteiger charge is 2.16. The first-order valence-corrected chi connectivity index (χ1v) is 8.80. The summed E-state index contributed by atoms with van der Waals surface area (Å²) in [5.74, 6) is 1.12. The van der Waals surface area contributed by atoms with Crippen LogP contribution in [0.15, 0.2) is 18.2 Å². The Labute approximate surface area is 133 Å². The minimum atomic E-state index is 0.309. The molecular weight excluding hydrogens is 286 g/mol. The molecule has 3 heteroatoms. The van der Waals surface area contributed by atoms with E-state index in [-0.39, 0.29) is 0 Å². The lowest BCUT2D eigenvalue weighted by molar-refractivity contribution is 0.548. The zero-order chi connectivity index (χ0) is 15.2. The number of halogens is 1. The van der Waals surface area contributed by atoms with Crippen LogP contribution < -0.4 is 5.32 Å². The number of rotatable bonds is 7. The first-order chi connectivity index (χ1) is 9.31. The Bertz CT molecular complexity index is 412.